The monoisotopic (exact) mass is 332 g/mol. The molecule has 0 spiro atoms. The summed E-state index contributed by atoms with van der Waals surface area (Å²) >= 11 is 0. The SMILES string of the molecule is C/C=C\C/C=C\C(F)CC1=CC(CCCCN(C)CCC)=C=CN1. The maximum Gasteiger partial charge on any atom is 0.124 e. The fourth-order valence-corrected chi connectivity index (χ4v) is 2.69. The van der Waals surface area contributed by atoms with E-state index in [1.807, 2.05) is 31.4 Å². The topological polar surface area (TPSA) is 15.3 Å². The Hall–Kier alpha value is -1.57. The zero-order valence-corrected chi connectivity index (χ0v) is 15.5. The summed E-state index contributed by atoms with van der Waals surface area (Å²) in [6.07, 6.45) is 16.2. The largest absolute Gasteiger partial charge is 0.358 e. The molecule has 0 aliphatic carbocycles. The molecular formula is C21H33FN2. The number of alkyl halides is 1. The Morgan fingerprint density at radius 2 is 2.12 bits per heavy atom. The fraction of sp³-hybridized carbons (Fsp3) is 0.571. The highest BCUT2D eigenvalue weighted by Crippen LogP contribution is 2.17. The Labute approximate surface area is 147 Å². The third-order valence-corrected chi connectivity index (χ3v) is 3.97. The summed E-state index contributed by atoms with van der Waals surface area (Å²) in [4.78, 5) is 2.38. The minimum Gasteiger partial charge on any atom is -0.358 e. The van der Waals surface area contributed by atoms with Gasteiger partial charge in [0.2, 0.25) is 0 Å². The molecule has 1 N–H and O–H groups in total. The number of rotatable bonds is 12. The molecule has 0 saturated carbocycles. The van der Waals surface area contributed by atoms with E-state index in [1.54, 1.807) is 6.08 Å². The van der Waals surface area contributed by atoms with E-state index in [9.17, 15) is 4.39 Å². The number of allylic oxidation sites excluding steroid dienone is 7. The van der Waals surface area contributed by atoms with Crippen LogP contribution in [0.1, 0.15) is 52.4 Å². The Balaban J connectivity index is 2.32. The van der Waals surface area contributed by atoms with Gasteiger partial charge >= 0.3 is 0 Å². The molecule has 0 amide bonds. The Morgan fingerprint density at radius 3 is 2.88 bits per heavy atom. The zero-order chi connectivity index (χ0) is 17.6. The molecule has 1 aliphatic rings. The van der Waals surface area contributed by atoms with Crippen molar-refractivity contribution in [3.63, 3.8) is 0 Å². The van der Waals surface area contributed by atoms with E-state index in [2.05, 4.69) is 36.0 Å². The van der Waals surface area contributed by atoms with Gasteiger partial charge in [0, 0.05) is 18.3 Å². The highest BCUT2D eigenvalue weighted by atomic mass is 19.1. The van der Waals surface area contributed by atoms with Crippen LogP contribution in [0.3, 0.4) is 0 Å². The first-order valence-electron chi connectivity index (χ1n) is 9.17. The molecule has 24 heavy (non-hydrogen) atoms. The number of nitrogens with zero attached hydrogens (tertiary/aromatic N) is 1. The van der Waals surface area contributed by atoms with Crippen molar-refractivity contribution in [1.29, 1.82) is 0 Å². The van der Waals surface area contributed by atoms with Crippen LogP contribution in [0.2, 0.25) is 0 Å². The molecule has 1 rings (SSSR count). The molecule has 0 fully saturated rings. The van der Waals surface area contributed by atoms with E-state index >= 15 is 0 Å². The lowest BCUT2D eigenvalue weighted by Crippen LogP contribution is -2.20. The smallest absolute Gasteiger partial charge is 0.124 e. The van der Waals surface area contributed by atoms with Gasteiger partial charge < -0.3 is 10.2 Å². The molecule has 2 nitrogen and oxygen atoms in total. The second kappa shape index (κ2) is 12.8. The Morgan fingerprint density at radius 1 is 1.29 bits per heavy atom. The van der Waals surface area contributed by atoms with Crippen molar-refractivity contribution in [3.8, 4) is 0 Å². The summed E-state index contributed by atoms with van der Waals surface area (Å²) in [7, 11) is 2.18. The van der Waals surface area contributed by atoms with Crippen LogP contribution in [-0.2, 0) is 0 Å². The van der Waals surface area contributed by atoms with Gasteiger partial charge in [-0.3, -0.25) is 0 Å². The van der Waals surface area contributed by atoms with E-state index < -0.39 is 6.17 Å². The van der Waals surface area contributed by atoms with Crippen molar-refractivity contribution in [2.45, 2.75) is 58.5 Å². The van der Waals surface area contributed by atoms with Gasteiger partial charge in [-0.2, -0.15) is 0 Å². The highest BCUT2D eigenvalue weighted by Gasteiger charge is 2.08. The van der Waals surface area contributed by atoms with Crippen molar-refractivity contribution in [3.05, 3.63) is 53.6 Å². The van der Waals surface area contributed by atoms with Crippen LogP contribution in [0, 0.1) is 0 Å². The molecule has 1 atom stereocenters. The third kappa shape index (κ3) is 9.54. The van der Waals surface area contributed by atoms with Gasteiger partial charge in [0.15, 0.2) is 0 Å². The third-order valence-electron chi connectivity index (χ3n) is 3.97. The van der Waals surface area contributed by atoms with E-state index in [-0.39, 0.29) is 0 Å². The molecule has 1 heterocycles. The minimum absolute atomic E-state index is 0.396. The van der Waals surface area contributed by atoms with Crippen LogP contribution in [-0.4, -0.2) is 31.2 Å². The quantitative estimate of drug-likeness (QED) is 0.297. The predicted octanol–water partition coefficient (Wildman–Crippen LogP) is 5.28. The van der Waals surface area contributed by atoms with Crippen molar-refractivity contribution < 1.29 is 4.39 Å². The summed E-state index contributed by atoms with van der Waals surface area (Å²) in [5.74, 6) is 0. The van der Waals surface area contributed by atoms with Crippen molar-refractivity contribution >= 4 is 0 Å². The Kier molecular flexibility index (Phi) is 10.9. The number of hydrogen-bond donors (Lipinski definition) is 1. The molecule has 0 saturated heterocycles. The Bertz CT molecular complexity index is 496. The molecule has 3 heteroatoms. The standard InChI is InChI=1S/C21H33FN2/c1-4-6-7-8-12-20(22)18-21-17-19(13-14-23-21)11-9-10-16-24(3)15-5-2/h4,6,8,12,14,17,20,23H,5,7,9-11,15-16,18H2,1-3H3/b6-4-,12-8-. The molecule has 0 radical (unpaired) electrons. The lowest BCUT2D eigenvalue weighted by Gasteiger charge is -2.15. The van der Waals surface area contributed by atoms with Gasteiger partial charge in [-0.1, -0.05) is 37.0 Å². The van der Waals surface area contributed by atoms with Gasteiger partial charge in [-0.05, 0) is 70.8 Å². The molecular weight excluding hydrogens is 299 g/mol. The fourth-order valence-electron chi connectivity index (χ4n) is 2.69. The number of nitrogens with one attached hydrogen (secondary N) is 1. The van der Waals surface area contributed by atoms with Crippen LogP contribution in [0.25, 0.3) is 0 Å². The maximum atomic E-state index is 14.0. The van der Waals surface area contributed by atoms with Crippen LogP contribution in [0.4, 0.5) is 4.39 Å². The van der Waals surface area contributed by atoms with Crippen LogP contribution in [0.15, 0.2) is 53.6 Å². The molecule has 0 aromatic carbocycles. The second-order valence-electron chi connectivity index (χ2n) is 6.34. The lowest BCUT2D eigenvalue weighted by molar-refractivity contribution is 0.326. The molecule has 1 unspecified atom stereocenters. The summed E-state index contributed by atoms with van der Waals surface area (Å²) in [6, 6.07) is 0. The van der Waals surface area contributed by atoms with Gasteiger partial charge in [0.25, 0.3) is 0 Å². The first-order chi connectivity index (χ1) is 11.7. The summed E-state index contributed by atoms with van der Waals surface area (Å²) in [5, 5.41) is 3.12. The van der Waals surface area contributed by atoms with Crippen molar-refractivity contribution in [2.24, 2.45) is 0 Å². The summed E-state index contributed by atoms with van der Waals surface area (Å²) in [5.41, 5.74) is 5.35. The van der Waals surface area contributed by atoms with Gasteiger partial charge in [-0.25, -0.2) is 4.39 Å². The van der Waals surface area contributed by atoms with E-state index in [0.29, 0.717) is 6.42 Å². The first-order valence-corrected chi connectivity index (χ1v) is 9.17. The molecule has 0 aromatic rings. The average Bonchev–Trinajstić information content (AvgIpc) is 2.56. The van der Waals surface area contributed by atoms with E-state index in [1.165, 1.54) is 18.4 Å². The number of halogens is 1. The first kappa shape index (κ1) is 20.5. The van der Waals surface area contributed by atoms with E-state index in [0.717, 1.165) is 38.0 Å². The highest BCUT2D eigenvalue weighted by molar-refractivity contribution is 5.27. The van der Waals surface area contributed by atoms with Crippen molar-refractivity contribution in [1.82, 2.24) is 10.2 Å². The normalized spacial score (nSPS) is 15.9. The molecule has 0 bridgehead atoms. The van der Waals surface area contributed by atoms with Gasteiger partial charge in [0.1, 0.15) is 6.17 Å². The molecule has 134 valence electrons. The zero-order valence-electron chi connectivity index (χ0n) is 15.5. The average molecular weight is 333 g/mol. The second-order valence-corrected chi connectivity index (χ2v) is 6.34. The van der Waals surface area contributed by atoms with Crippen LogP contribution in [0.5, 0.6) is 0 Å². The molecule has 0 aromatic heterocycles. The van der Waals surface area contributed by atoms with Crippen molar-refractivity contribution in [2.75, 3.05) is 20.1 Å². The molecule has 1 aliphatic heterocycles. The summed E-state index contributed by atoms with van der Waals surface area (Å²) in [6.45, 7) is 6.49. The lowest BCUT2D eigenvalue weighted by atomic mass is 10.0. The van der Waals surface area contributed by atoms with Crippen LogP contribution >= 0.6 is 0 Å². The predicted molar refractivity (Wildman–Crippen MR) is 103 cm³/mol. The summed E-state index contributed by atoms with van der Waals surface area (Å²) < 4.78 is 14.0. The number of hydrogen-bond acceptors (Lipinski definition) is 2. The number of unbranched alkanes of at least 4 members (excludes halogenated alkanes) is 1. The minimum atomic E-state index is -0.940. The van der Waals surface area contributed by atoms with Gasteiger partial charge in [0.05, 0.1) is 0 Å². The van der Waals surface area contributed by atoms with E-state index in [4.69, 9.17) is 0 Å². The van der Waals surface area contributed by atoms with Gasteiger partial charge in [-0.15, -0.1) is 0 Å². The van der Waals surface area contributed by atoms with Crippen LogP contribution < -0.4 is 5.32 Å². The maximum absolute atomic E-state index is 14.0.